The van der Waals surface area contributed by atoms with E-state index >= 15 is 0 Å². The maximum Gasteiger partial charge on any atom is 0.303 e. The van der Waals surface area contributed by atoms with Crippen LogP contribution in [-0.4, -0.2) is 16.2 Å². The molecule has 0 aliphatic rings. The van der Waals surface area contributed by atoms with Gasteiger partial charge in [-0.1, -0.05) is 31.5 Å². The molecular weight excluding hydrogens is 374 g/mol. The van der Waals surface area contributed by atoms with Crippen LogP contribution in [0, 0.1) is 0 Å². The van der Waals surface area contributed by atoms with E-state index in [4.69, 9.17) is 10.3 Å². The van der Waals surface area contributed by atoms with Gasteiger partial charge in [0.15, 0.2) is 0 Å². The van der Waals surface area contributed by atoms with Gasteiger partial charge in [-0.3, -0.25) is 14.6 Å². The van der Waals surface area contributed by atoms with Gasteiger partial charge < -0.3 is 5.73 Å². The average Bonchev–Trinajstić information content (AvgIpc) is 3.31. The third-order valence-corrected chi connectivity index (χ3v) is 5.48. The summed E-state index contributed by atoms with van der Waals surface area (Å²) in [6.45, 7) is 2.15. The topological polar surface area (TPSA) is 97.9 Å². The van der Waals surface area contributed by atoms with Crippen LogP contribution in [0.1, 0.15) is 35.1 Å². The zero-order valence-electron chi connectivity index (χ0n) is 15.4. The van der Waals surface area contributed by atoms with Crippen molar-refractivity contribution in [1.29, 1.82) is 0 Å². The molecule has 8 heteroatoms. The number of fused-ring (bicyclic) bond motifs is 1. The molecule has 0 fully saturated rings. The quantitative estimate of drug-likeness (QED) is 0.486. The fourth-order valence-corrected chi connectivity index (χ4v) is 3.88. The third kappa shape index (κ3) is 3.59. The Hall–Kier alpha value is -3.26. The number of amides is 1. The van der Waals surface area contributed by atoms with Crippen LogP contribution in [0.15, 0.2) is 53.2 Å². The molecule has 1 amide bonds. The molecule has 7 nitrogen and oxygen atoms in total. The van der Waals surface area contributed by atoms with Crippen LogP contribution in [-0.2, 0) is 6.42 Å². The molecule has 3 N–H and O–H groups in total. The van der Waals surface area contributed by atoms with Gasteiger partial charge >= 0.3 is 5.88 Å². The van der Waals surface area contributed by atoms with Crippen molar-refractivity contribution < 1.29 is 14.0 Å². The highest BCUT2D eigenvalue weighted by Gasteiger charge is 2.21. The van der Waals surface area contributed by atoms with Crippen molar-refractivity contribution in [3.8, 4) is 5.69 Å². The zero-order chi connectivity index (χ0) is 19.5. The van der Waals surface area contributed by atoms with E-state index in [-0.39, 0.29) is 11.8 Å². The standard InChI is InChI=1S/C20H19N5O2S/c1-2-3-7-13-10-11-15-17(21)18(28-20(15)22-13)19(26)23-16-12-25(24-27-16)14-8-5-4-6-9-14/h4-6,8-12H,2-3,7H2,1H3,(H2-,21,23,24,26)/p+1. The summed E-state index contributed by atoms with van der Waals surface area (Å²) in [5, 5.41) is 7.44. The molecule has 0 spiro atoms. The van der Waals surface area contributed by atoms with Crippen LogP contribution >= 0.6 is 11.3 Å². The first-order valence-electron chi connectivity index (χ1n) is 9.09. The lowest BCUT2D eigenvalue weighted by atomic mass is 10.1. The Kier molecular flexibility index (Phi) is 5.03. The van der Waals surface area contributed by atoms with Crippen LogP contribution in [0.2, 0.25) is 0 Å². The Morgan fingerprint density at radius 2 is 2.07 bits per heavy atom. The molecule has 0 radical (unpaired) electrons. The highest BCUT2D eigenvalue weighted by Crippen LogP contribution is 2.33. The van der Waals surface area contributed by atoms with E-state index in [1.807, 2.05) is 42.5 Å². The summed E-state index contributed by atoms with van der Waals surface area (Å²) in [5.41, 5.74) is 8.48. The molecule has 0 atom stereocenters. The number of nitrogens with zero attached hydrogens (tertiary/aromatic N) is 3. The molecular formula is C20H20N5O2S+. The molecule has 0 saturated carbocycles. The number of nitrogens with one attached hydrogen (secondary N) is 1. The molecule has 0 unspecified atom stereocenters. The van der Waals surface area contributed by atoms with E-state index in [1.165, 1.54) is 11.3 Å². The Bertz CT molecular complexity index is 1120. The molecule has 0 aliphatic carbocycles. The Labute approximate surface area is 165 Å². The maximum absolute atomic E-state index is 12.7. The number of carbonyl (C=O) groups excluding carboxylic acids is 1. The van der Waals surface area contributed by atoms with E-state index in [9.17, 15) is 4.79 Å². The third-order valence-electron chi connectivity index (χ3n) is 4.37. The highest BCUT2D eigenvalue weighted by molar-refractivity contribution is 7.21. The molecule has 3 aromatic heterocycles. The molecule has 0 saturated heterocycles. The van der Waals surface area contributed by atoms with E-state index in [2.05, 4.69) is 22.5 Å². The number of hydrogen-bond acceptors (Lipinski definition) is 6. The van der Waals surface area contributed by atoms with Crippen LogP contribution < -0.4 is 15.7 Å². The van der Waals surface area contributed by atoms with Crippen LogP contribution in [0.25, 0.3) is 15.9 Å². The number of unbranched alkanes of at least 4 members (excludes halogenated alkanes) is 1. The summed E-state index contributed by atoms with van der Waals surface area (Å²) in [5.74, 6) is -0.103. The smallest absolute Gasteiger partial charge is 0.303 e. The number of carbonyl (C=O) groups is 1. The number of thiophene rings is 1. The fraction of sp³-hybridized carbons (Fsp3) is 0.200. The van der Waals surface area contributed by atoms with Gasteiger partial charge in [0.05, 0.1) is 5.69 Å². The van der Waals surface area contributed by atoms with Gasteiger partial charge in [-0.05, 0) is 29.7 Å². The molecule has 0 aliphatic heterocycles. The van der Waals surface area contributed by atoms with Crippen molar-refractivity contribution in [1.82, 2.24) is 10.3 Å². The zero-order valence-corrected chi connectivity index (χ0v) is 16.2. The number of aryl methyl sites for hydroxylation is 1. The number of aromatic nitrogens is 3. The minimum atomic E-state index is -0.341. The van der Waals surface area contributed by atoms with E-state index in [1.54, 1.807) is 10.9 Å². The maximum atomic E-state index is 12.7. The van der Waals surface area contributed by atoms with E-state index in [0.717, 1.165) is 40.9 Å². The Morgan fingerprint density at radius 1 is 1.25 bits per heavy atom. The van der Waals surface area contributed by atoms with E-state index in [0.29, 0.717) is 10.6 Å². The van der Waals surface area contributed by atoms with Crippen molar-refractivity contribution in [3.63, 3.8) is 0 Å². The van der Waals surface area contributed by atoms with Gasteiger partial charge in [-0.2, -0.15) is 0 Å². The number of hydrogen-bond donors (Lipinski definition) is 2. The number of rotatable bonds is 6. The fourth-order valence-electron chi connectivity index (χ4n) is 2.87. The molecule has 142 valence electrons. The monoisotopic (exact) mass is 394 g/mol. The number of nitrogen functional groups attached to an aromatic ring is 1. The lowest BCUT2D eigenvalue weighted by Crippen LogP contribution is -2.31. The first-order valence-corrected chi connectivity index (χ1v) is 9.90. The molecule has 1 aromatic carbocycles. The van der Waals surface area contributed by atoms with E-state index < -0.39 is 0 Å². The lowest BCUT2D eigenvalue weighted by Gasteiger charge is -1.99. The van der Waals surface area contributed by atoms with Crippen molar-refractivity contribution in [3.05, 3.63) is 59.2 Å². The summed E-state index contributed by atoms with van der Waals surface area (Å²) in [6.07, 6.45) is 4.72. The predicted molar refractivity (Wildman–Crippen MR) is 109 cm³/mol. The average molecular weight is 394 g/mol. The normalized spacial score (nSPS) is 11.0. The minimum Gasteiger partial charge on any atom is -0.397 e. The summed E-state index contributed by atoms with van der Waals surface area (Å²) in [7, 11) is 0. The second kappa shape index (κ2) is 7.77. The predicted octanol–water partition coefficient (Wildman–Crippen LogP) is 3.74. The lowest BCUT2D eigenvalue weighted by molar-refractivity contribution is -0.670. The first kappa shape index (κ1) is 18.1. The van der Waals surface area contributed by atoms with Crippen LogP contribution in [0.3, 0.4) is 0 Å². The number of benzene rings is 1. The van der Waals surface area contributed by atoms with Gasteiger partial charge in [0, 0.05) is 23.2 Å². The summed E-state index contributed by atoms with van der Waals surface area (Å²) < 4.78 is 6.76. The minimum absolute atomic E-state index is 0.238. The molecule has 4 rings (SSSR count). The highest BCUT2D eigenvalue weighted by atomic mass is 32.1. The van der Waals surface area contributed by atoms with Gasteiger partial charge in [0.2, 0.25) is 11.0 Å². The van der Waals surface area contributed by atoms with Gasteiger partial charge in [-0.15, -0.1) is 11.3 Å². The van der Waals surface area contributed by atoms with Crippen molar-refractivity contribution in [2.75, 3.05) is 11.1 Å². The summed E-state index contributed by atoms with van der Waals surface area (Å²) >= 11 is 1.29. The molecule has 0 bridgehead atoms. The second-order valence-corrected chi connectivity index (χ2v) is 7.40. The van der Waals surface area contributed by atoms with Crippen molar-refractivity contribution >= 4 is 39.0 Å². The molecule has 3 heterocycles. The summed E-state index contributed by atoms with van der Waals surface area (Å²) in [6, 6.07) is 13.4. The van der Waals surface area contributed by atoms with Crippen molar-refractivity contribution in [2.24, 2.45) is 0 Å². The number of anilines is 2. The first-order chi connectivity index (χ1) is 13.7. The molecule has 28 heavy (non-hydrogen) atoms. The Morgan fingerprint density at radius 3 is 2.86 bits per heavy atom. The van der Waals surface area contributed by atoms with Gasteiger partial charge in [0.25, 0.3) is 12.1 Å². The molecule has 4 aromatic rings. The van der Waals surface area contributed by atoms with Crippen LogP contribution in [0.5, 0.6) is 0 Å². The number of nitrogens with two attached hydrogens (primary N) is 1. The largest absolute Gasteiger partial charge is 0.397 e. The second-order valence-electron chi connectivity index (χ2n) is 6.40. The Balaban J connectivity index is 1.55. The number of para-hydroxylation sites is 1. The van der Waals surface area contributed by atoms with Gasteiger partial charge in [-0.25, -0.2) is 4.98 Å². The van der Waals surface area contributed by atoms with Gasteiger partial charge in [0.1, 0.15) is 9.71 Å². The summed E-state index contributed by atoms with van der Waals surface area (Å²) in [4.78, 5) is 18.5. The SMILES string of the molecule is CCCCc1ccc2c(N)c(C(=O)Nc3c[n+](-c4ccccc4)no3)sc2n1. The number of pyridine rings is 1. The van der Waals surface area contributed by atoms with Crippen LogP contribution in [0.4, 0.5) is 11.6 Å². The van der Waals surface area contributed by atoms with Crippen molar-refractivity contribution in [2.45, 2.75) is 26.2 Å².